The summed E-state index contributed by atoms with van der Waals surface area (Å²) in [4.78, 5) is 18.8. The minimum Gasteiger partial charge on any atom is -0.493 e. The van der Waals surface area contributed by atoms with E-state index in [1.165, 1.54) is 17.6 Å². The van der Waals surface area contributed by atoms with Crippen LogP contribution < -0.4 is 14.2 Å². The highest BCUT2D eigenvalue weighted by molar-refractivity contribution is 7.14. The fourth-order valence-corrected chi connectivity index (χ4v) is 3.87. The topological polar surface area (TPSA) is 66.3 Å². The fourth-order valence-electron chi connectivity index (χ4n) is 2.83. The first-order valence-electron chi connectivity index (χ1n) is 8.43. The van der Waals surface area contributed by atoms with E-state index in [9.17, 15) is 4.79 Å². The van der Waals surface area contributed by atoms with Crippen molar-refractivity contribution in [2.75, 3.05) is 21.3 Å². The second-order valence-electron chi connectivity index (χ2n) is 5.87. The average molecular weight is 387 g/mol. The van der Waals surface area contributed by atoms with E-state index in [-0.39, 0.29) is 5.70 Å². The number of carbonyl (C=O) groups excluding carboxylic acids is 1. The van der Waals surface area contributed by atoms with Gasteiger partial charge >= 0.3 is 5.97 Å². The molecule has 0 amide bonds. The van der Waals surface area contributed by atoms with E-state index < -0.39 is 5.97 Å². The SMILES string of the molecule is CCc1sc(C2=N/C(=C\c3cc(OC)c(OC)c(OC)c3)C(=O)O2)cc1C. The van der Waals surface area contributed by atoms with E-state index in [1.807, 2.05) is 13.0 Å². The number of aliphatic imine (C=N–C) groups is 1. The summed E-state index contributed by atoms with van der Waals surface area (Å²) in [6, 6.07) is 5.50. The first-order valence-corrected chi connectivity index (χ1v) is 9.24. The van der Waals surface area contributed by atoms with E-state index in [4.69, 9.17) is 18.9 Å². The third-order valence-corrected chi connectivity index (χ3v) is 5.53. The van der Waals surface area contributed by atoms with Crippen molar-refractivity contribution in [1.82, 2.24) is 0 Å². The summed E-state index contributed by atoms with van der Waals surface area (Å²) < 4.78 is 21.4. The van der Waals surface area contributed by atoms with Crippen molar-refractivity contribution < 1.29 is 23.7 Å². The summed E-state index contributed by atoms with van der Waals surface area (Å²) in [5.74, 6) is 1.34. The molecule has 142 valence electrons. The third-order valence-electron chi connectivity index (χ3n) is 4.16. The predicted octanol–water partition coefficient (Wildman–Crippen LogP) is 3.99. The Morgan fingerprint density at radius 1 is 1.11 bits per heavy atom. The maximum atomic E-state index is 12.3. The zero-order chi connectivity index (χ0) is 19.6. The number of nitrogens with zero attached hydrogens (tertiary/aromatic N) is 1. The van der Waals surface area contributed by atoms with Gasteiger partial charge in [0, 0.05) is 4.88 Å². The zero-order valence-corrected chi connectivity index (χ0v) is 16.7. The number of methoxy groups -OCH3 is 3. The van der Waals surface area contributed by atoms with Gasteiger partial charge < -0.3 is 18.9 Å². The Hall–Kier alpha value is -2.80. The molecule has 0 fully saturated rings. The number of ether oxygens (including phenoxy) is 4. The Bertz CT molecular complexity index is 917. The van der Waals surface area contributed by atoms with Crippen LogP contribution in [0.5, 0.6) is 17.2 Å². The molecule has 3 rings (SSSR count). The molecule has 0 bridgehead atoms. The standard InChI is InChI=1S/C20H21NO5S/c1-6-16-11(2)7-17(27-16)19-21-13(20(22)26-19)8-12-9-14(23-3)18(25-5)15(10-12)24-4/h7-10H,6H2,1-5H3/b13-8-. The van der Waals surface area contributed by atoms with Crippen LogP contribution in [0, 0.1) is 6.92 Å². The molecule has 0 spiro atoms. The van der Waals surface area contributed by atoms with Crippen LogP contribution in [-0.4, -0.2) is 33.2 Å². The van der Waals surface area contributed by atoms with Gasteiger partial charge in [-0.05, 0) is 48.7 Å². The van der Waals surface area contributed by atoms with Gasteiger partial charge in [-0.2, -0.15) is 0 Å². The third kappa shape index (κ3) is 3.68. The van der Waals surface area contributed by atoms with E-state index in [2.05, 4.69) is 11.9 Å². The minimum atomic E-state index is -0.483. The number of hydrogen-bond donors (Lipinski definition) is 0. The number of benzene rings is 1. The summed E-state index contributed by atoms with van der Waals surface area (Å²) >= 11 is 1.59. The van der Waals surface area contributed by atoms with Crippen molar-refractivity contribution in [3.63, 3.8) is 0 Å². The molecule has 27 heavy (non-hydrogen) atoms. The van der Waals surface area contributed by atoms with Crippen LogP contribution in [0.2, 0.25) is 0 Å². The molecule has 6 nitrogen and oxygen atoms in total. The van der Waals surface area contributed by atoms with Crippen LogP contribution in [-0.2, 0) is 16.0 Å². The fraction of sp³-hybridized carbons (Fsp3) is 0.300. The molecule has 0 aliphatic carbocycles. The Morgan fingerprint density at radius 2 is 1.78 bits per heavy atom. The highest BCUT2D eigenvalue weighted by Crippen LogP contribution is 2.39. The van der Waals surface area contributed by atoms with Gasteiger partial charge in [0.1, 0.15) is 0 Å². The molecular formula is C20H21NO5S. The van der Waals surface area contributed by atoms with Crippen molar-refractivity contribution in [2.45, 2.75) is 20.3 Å². The van der Waals surface area contributed by atoms with Crippen molar-refractivity contribution in [1.29, 1.82) is 0 Å². The molecule has 0 atom stereocenters. The number of hydrogen-bond acceptors (Lipinski definition) is 7. The molecule has 0 saturated carbocycles. The summed E-state index contributed by atoms with van der Waals surface area (Å²) in [6.07, 6.45) is 2.58. The molecule has 7 heteroatoms. The molecule has 1 aromatic carbocycles. The van der Waals surface area contributed by atoms with Crippen LogP contribution in [0.1, 0.15) is 27.8 Å². The van der Waals surface area contributed by atoms with Crippen LogP contribution >= 0.6 is 11.3 Å². The number of esters is 1. The maximum Gasteiger partial charge on any atom is 0.363 e. The van der Waals surface area contributed by atoms with Gasteiger partial charge in [-0.1, -0.05) is 6.92 Å². The molecule has 0 saturated heterocycles. The van der Waals surface area contributed by atoms with Gasteiger partial charge in [0.25, 0.3) is 0 Å². The summed E-state index contributed by atoms with van der Waals surface area (Å²) in [5.41, 5.74) is 2.10. The minimum absolute atomic E-state index is 0.225. The number of carbonyl (C=O) groups is 1. The molecule has 2 aromatic rings. The monoisotopic (exact) mass is 387 g/mol. The van der Waals surface area contributed by atoms with Crippen molar-refractivity contribution >= 4 is 29.3 Å². The zero-order valence-electron chi connectivity index (χ0n) is 15.9. The Balaban J connectivity index is 1.99. The number of cyclic esters (lactones) is 1. The second-order valence-corrected chi connectivity index (χ2v) is 7.00. The highest BCUT2D eigenvalue weighted by Gasteiger charge is 2.26. The van der Waals surface area contributed by atoms with E-state index in [0.717, 1.165) is 11.3 Å². The summed E-state index contributed by atoms with van der Waals surface area (Å²) in [5, 5.41) is 0. The molecule has 0 radical (unpaired) electrons. The molecule has 0 N–H and O–H groups in total. The molecule has 1 aliphatic heterocycles. The summed E-state index contributed by atoms with van der Waals surface area (Å²) in [6.45, 7) is 4.14. The average Bonchev–Trinajstić information content (AvgIpc) is 3.23. The molecule has 0 unspecified atom stereocenters. The number of rotatable bonds is 6. The Labute approximate surface area is 162 Å². The van der Waals surface area contributed by atoms with Gasteiger partial charge in [-0.15, -0.1) is 11.3 Å². The lowest BCUT2D eigenvalue weighted by Gasteiger charge is -2.12. The molecule has 2 heterocycles. The van der Waals surface area contributed by atoms with Crippen molar-refractivity contribution in [2.24, 2.45) is 4.99 Å². The molecular weight excluding hydrogens is 366 g/mol. The lowest BCUT2D eigenvalue weighted by molar-refractivity contribution is -0.129. The quantitative estimate of drug-likeness (QED) is 0.554. The van der Waals surface area contributed by atoms with Crippen LogP contribution in [0.25, 0.3) is 6.08 Å². The van der Waals surface area contributed by atoms with Gasteiger partial charge in [0.05, 0.1) is 26.2 Å². The largest absolute Gasteiger partial charge is 0.493 e. The van der Waals surface area contributed by atoms with E-state index >= 15 is 0 Å². The predicted molar refractivity (Wildman–Crippen MR) is 105 cm³/mol. The van der Waals surface area contributed by atoms with Gasteiger partial charge in [0.15, 0.2) is 17.2 Å². The first-order chi connectivity index (χ1) is 13.0. The van der Waals surface area contributed by atoms with Crippen LogP contribution in [0.3, 0.4) is 0 Å². The summed E-state index contributed by atoms with van der Waals surface area (Å²) in [7, 11) is 4.62. The Morgan fingerprint density at radius 3 is 2.30 bits per heavy atom. The highest BCUT2D eigenvalue weighted by atomic mass is 32.1. The molecule has 1 aromatic heterocycles. The smallest absolute Gasteiger partial charge is 0.363 e. The van der Waals surface area contributed by atoms with E-state index in [0.29, 0.717) is 28.7 Å². The normalized spacial score (nSPS) is 14.9. The molecule has 1 aliphatic rings. The maximum absolute atomic E-state index is 12.3. The van der Waals surface area contributed by atoms with Gasteiger partial charge in [-0.3, -0.25) is 0 Å². The lowest BCUT2D eigenvalue weighted by Crippen LogP contribution is -2.03. The first kappa shape index (κ1) is 19.0. The van der Waals surface area contributed by atoms with Gasteiger partial charge in [0.2, 0.25) is 11.6 Å². The van der Waals surface area contributed by atoms with Crippen molar-refractivity contribution in [3.8, 4) is 17.2 Å². The van der Waals surface area contributed by atoms with Crippen LogP contribution in [0.15, 0.2) is 28.9 Å². The van der Waals surface area contributed by atoms with Crippen LogP contribution in [0.4, 0.5) is 0 Å². The van der Waals surface area contributed by atoms with Crippen molar-refractivity contribution in [3.05, 3.63) is 44.8 Å². The number of aryl methyl sites for hydroxylation is 2. The number of thiophene rings is 1. The lowest BCUT2D eigenvalue weighted by atomic mass is 10.1. The van der Waals surface area contributed by atoms with Gasteiger partial charge in [-0.25, -0.2) is 9.79 Å². The second kappa shape index (κ2) is 7.84. The Kier molecular flexibility index (Phi) is 5.51. The van der Waals surface area contributed by atoms with E-state index in [1.54, 1.807) is 43.8 Å².